The Morgan fingerprint density at radius 2 is 1.65 bits per heavy atom. The molecule has 220 valence electrons. The van der Waals surface area contributed by atoms with Gasteiger partial charge in [0.1, 0.15) is 11.3 Å². The number of nitrogens with zero attached hydrogens (tertiary/aromatic N) is 1. The van der Waals surface area contributed by atoms with E-state index in [-0.39, 0.29) is 65.0 Å². The highest BCUT2D eigenvalue weighted by Crippen LogP contribution is 2.41. The largest absolute Gasteiger partial charge is 0.872 e. The van der Waals surface area contributed by atoms with Gasteiger partial charge in [-0.05, 0) is 48.7 Å². The third kappa shape index (κ3) is 6.22. The Kier molecular flexibility index (Phi) is 8.19. The molecule has 0 saturated carbocycles. The van der Waals surface area contributed by atoms with Crippen LogP contribution in [0, 0.1) is 0 Å². The average Bonchev–Trinajstić information content (AvgIpc) is 3.29. The van der Waals surface area contributed by atoms with E-state index in [2.05, 4.69) is 5.32 Å². The topological polar surface area (TPSA) is 183 Å². The Bertz CT molecular complexity index is 1790. The number of hydrogen-bond acceptors (Lipinski definition) is 9. The SMILES string of the molecule is O=C(CCCCCNC(=O)c1ccc(-c2c3ccc(=O)cc-3oc3cc([O-])ccc23)c(C(=O)O)c1)ON1C(=O)CCC1=O. The Balaban J connectivity index is 1.27. The zero-order valence-corrected chi connectivity index (χ0v) is 22.7. The number of nitrogens with one attached hydrogen (secondary N) is 1. The monoisotopic (exact) mass is 585 g/mol. The smallest absolute Gasteiger partial charge is 0.336 e. The molecule has 2 heterocycles. The molecule has 5 rings (SSSR count). The first-order valence-corrected chi connectivity index (χ1v) is 13.5. The van der Waals surface area contributed by atoms with Gasteiger partial charge in [-0.25, -0.2) is 9.59 Å². The summed E-state index contributed by atoms with van der Waals surface area (Å²) in [6.07, 6.45) is 1.51. The van der Waals surface area contributed by atoms with Gasteiger partial charge in [0, 0.05) is 54.0 Å². The molecule has 12 heteroatoms. The van der Waals surface area contributed by atoms with E-state index < -0.39 is 29.7 Å². The minimum atomic E-state index is -1.28. The lowest BCUT2D eigenvalue weighted by Gasteiger charge is -2.18. The standard InChI is InChI=1S/C31H26N2O10/c34-18-6-9-21-24(15-18)42-25-16-19(35)7-10-22(25)29(21)20-8-5-17(14-23(20)31(40)41)30(39)32-13-3-1-2-4-28(38)43-33-26(36)11-12-27(33)37/h5-10,14-16,34H,1-4,11-13H2,(H,32,39)(H,40,41)/p-1. The molecule has 1 aliphatic carbocycles. The van der Waals surface area contributed by atoms with Crippen LogP contribution in [0.4, 0.5) is 0 Å². The fourth-order valence-electron chi connectivity index (χ4n) is 4.90. The number of rotatable bonds is 10. The molecule has 2 aromatic rings. The van der Waals surface area contributed by atoms with Crippen LogP contribution < -0.4 is 15.9 Å². The lowest BCUT2D eigenvalue weighted by molar-refractivity contribution is -0.268. The lowest BCUT2D eigenvalue weighted by atomic mass is 9.90. The zero-order valence-electron chi connectivity index (χ0n) is 22.7. The number of fused-ring (bicyclic) bond motifs is 2. The second-order valence-electron chi connectivity index (χ2n) is 9.97. The first-order valence-electron chi connectivity index (χ1n) is 13.5. The highest BCUT2D eigenvalue weighted by Gasteiger charge is 2.32. The molecule has 3 amide bonds. The summed E-state index contributed by atoms with van der Waals surface area (Å²) in [5, 5.41) is 25.7. The van der Waals surface area contributed by atoms with E-state index in [1.807, 2.05) is 0 Å². The third-order valence-corrected chi connectivity index (χ3v) is 6.99. The van der Waals surface area contributed by atoms with Crippen molar-refractivity contribution in [3.63, 3.8) is 0 Å². The van der Waals surface area contributed by atoms with Crippen LogP contribution in [-0.4, -0.2) is 46.4 Å². The van der Waals surface area contributed by atoms with Gasteiger partial charge in [0.05, 0.1) is 5.56 Å². The highest BCUT2D eigenvalue weighted by atomic mass is 16.7. The number of aromatic carboxylic acids is 1. The van der Waals surface area contributed by atoms with E-state index in [9.17, 15) is 39.0 Å². The maximum absolute atomic E-state index is 12.8. The second-order valence-corrected chi connectivity index (χ2v) is 9.97. The molecule has 1 fully saturated rings. The first kappa shape index (κ1) is 29.0. The van der Waals surface area contributed by atoms with Crippen LogP contribution in [0.1, 0.15) is 59.2 Å². The number of carbonyl (C=O) groups excluding carboxylic acids is 4. The number of carbonyl (C=O) groups is 5. The molecule has 0 radical (unpaired) electrons. The van der Waals surface area contributed by atoms with Gasteiger partial charge >= 0.3 is 11.9 Å². The van der Waals surface area contributed by atoms with Crippen LogP contribution in [0.15, 0.2) is 63.8 Å². The molecule has 0 spiro atoms. The van der Waals surface area contributed by atoms with Crippen molar-refractivity contribution < 1.29 is 43.4 Å². The Labute approximate surface area is 243 Å². The van der Waals surface area contributed by atoms with Gasteiger partial charge in [0.25, 0.3) is 17.7 Å². The van der Waals surface area contributed by atoms with E-state index in [0.717, 1.165) is 0 Å². The van der Waals surface area contributed by atoms with Crippen LogP contribution in [0.2, 0.25) is 0 Å². The van der Waals surface area contributed by atoms with Crippen LogP contribution in [-0.2, 0) is 19.2 Å². The molecule has 43 heavy (non-hydrogen) atoms. The molecule has 2 N–H and O–H groups in total. The zero-order chi connectivity index (χ0) is 30.7. The number of carboxylic acids is 1. The molecule has 2 aromatic carbocycles. The van der Waals surface area contributed by atoms with Gasteiger partial charge < -0.3 is 24.8 Å². The number of unbranched alkanes of at least 4 members (excludes halogenated alkanes) is 2. The van der Waals surface area contributed by atoms with Gasteiger partial charge in [0.2, 0.25) is 0 Å². The summed E-state index contributed by atoms with van der Waals surface area (Å²) in [5.41, 5.74) is 1.00. The van der Waals surface area contributed by atoms with E-state index in [1.54, 1.807) is 0 Å². The van der Waals surface area contributed by atoms with Gasteiger partial charge in [-0.15, -0.1) is 10.8 Å². The van der Waals surface area contributed by atoms with Crippen LogP contribution in [0.5, 0.6) is 5.75 Å². The number of carboxylic acid groups (broad SMARTS) is 1. The number of imide groups is 1. The van der Waals surface area contributed by atoms with Crippen molar-refractivity contribution in [2.75, 3.05) is 6.54 Å². The molecule has 2 aliphatic heterocycles. The summed E-state index contributed by atoms with van der Waals surface area (Å²) in [6.45, 7) is 0.256. The van der Waals surface area contributed by atoms with Gasteiger partial charge in [-0.1, -0.05) is 24.6 Å². The quantitative estimate of drug-likeness (QED) is 0.159. The average molecular weight is 586 g/mol. The lowest BCUT2D eigenvalue weighted by Crippen LogP contribution is -2.31. The van der Waals surface area contributed by atoms with Crippen molar-refractivity contribution in [2.24, 2.45) is 0 Å². The maximum Gasteiger partial charge on any atom is 0.336 e. The number of benzene rings is 3. The minimum Gasteiger partial charge on any atom is -0.872 e. The molecular weight excluding hydrogens is 560 g/mol. The van der Waals surface area contributed by atoms with E-state index in [1.165, 1.54) is 54.6 Å². The Morgan fingerprint density at radius 1 is 0.907 bits per heavy atom. The van der Waals surface area contributed by atoms with Crippen molar-refractivity contribution in [2.45, 2.75) is 38.5 Å². The van der Waals surface area contributed by atoms with E-state index in [4.69, 9.17) is 9.25 Å². The summed E-state index contributed by atoms with van der Waals surface area (Å²) in [7, 11) is 0. The molecule has 0 bridgehead atoms. The Hall–Kier alpha value is -5.52. The van der Waals surface area contributed by atoms with Crippen LogP contribution in [0.25, 0.3) is 33.4 Å². The molecule has 0 aromatic heterocycles. The van der Waals surface area contributed by atoms with E-state index >= 15 is 0 Å². The van der Waals surface area contributed by atoms with Crippen LogP contribution in [0.3, 0.4) is 0 Å². The molecule has 0 atom stereocenters. The maximum atomic E-state index is 12.8. The second kappa shape index (κ2) is 12.1. The molecular formula is C31H25N2O10-. The van der Waals surface area contributed by atoms with E-state index in [0.29, 0.717) is 40.8 Å². The normalized spacial score (nSPS) is 13.1. The molecule has 1 saturated heterocycles. The third-order valence-electron chi connectivity index (χ3n) is 6.99. The molecule has 3 aliphatic rings. The predicted molar refractivity (Wildman–Crippen MR) is 149 cm³/mol. The highest BCUT2D eigenvalue weighted by molar-refractivity contribution is 6.09. The number of hydrogen-bond donors (Lipinski definition) is 2. The Morgan fingerprint density at radius 3 is 2.40 bits per heavy atom. The number of hydroxylamine groups is 2. The van der Waals surface area contributed by atoms with Gasteiger partial charge in [-0.2, -0.15) is 0 Å². The van der Waals surface area contributed by atoms with Gasteiger partial charge in [-0.3, -0.25) is 19.2 Å². The minimum absolute atomic E-state index is 0.00315. The van der Waals surface area contributed by atoms with Crippen LogP contribution >= 0.6 is 0 Å². The summed E-state index contributed by atoms with van der Waals surface area (Å²) in [4.78, 5) is 76.9. The summed E-state index contributed by atoms with van der Waals surface area (Å²) >= 11 is 0. The molecule has 12 nitrogen and oxygen atoms in total. The van der Waals surface area contributed by atoms with Crippen molar-refractivity contribution in [3.8, 4) is 28.2 Å². The fraction of sp³-hybridized carbons (Fsp3) is 0.226. The summed E-state index contributed by atoms with van der Waals surface area (Å²) in [5.74, 6) is -3.69. The fourth-order valence-corrected chi connectivity index (χ4v) is 4.90. The van der Waals surface area contributed by atoms with Crippen molar-refractivity contribution >= 4 is 40.6 Å². The van der Waals surface area contributed by atoms with Crippen molar-refractivity contribution in [3.05, 3.63) is 75.9 Å². The van der Waals surface area contributed by atoms with Crippen molar-refractivity contribution in [1.29, 1.82) is 0 Å². The summed E-state index contributed by atoms with van der Waals surface area (Å²) in [6, 6.07) is 12.5. The first-order chi connectivity index (χ1) is 20.6. The molecule has 0 unspecified atom stereocenters. The predicted octanol–water partition coefficient (Wildman–Crippen LogP) is 3.23. The van der Waals surface area contributed by atoms with Gasteiger partial charge in [0.15, 0.2) is 5.43 Å². The summed E-state index contributed by atoms with van der Waals surface area (Å²) < 4.78 is 5.79. The number of amides is 3. The van der Waals surface area contributed by atoms with Crippen molar-refractivity contribution in [1.82, 2.24) is 10.4 Å².